The lowest BCUT2D eigenvalue weighted by Crippen LogP contribution is -2.11. The summed E-state index contributed by atoms with van der Waals surface area (Å²) in [6, 6.07) is 10.5. The summed E-state index contributed by atoms with van der Waals surface area (Å²) in [5, 5.41) is 19.5. The fraction of sp³-hybridized carbons (Fsp3) is 0.200. The third-order valence-electron chi connectivity index (χ3n) is 3.97. The van der Waals surface area contributed by atoms with Crippen molar-refractivity contribution in [2.45, 2.75) is 19.8 Å². The molecule has 26 heavy (non-hydrogen) atoms. The fourth-order valence-electron chi connectivity index (χ4n) is 2.77. The molecular weight excluding hydrogens is 336 g/mol. The number of hydrogen-bond donors (Lipinski definition) is 2. The third-order valence-corrected chi connectivity index (χ3v) is 3.97. The molecule has 0 aliphatic heterocycles. The number of phenolic OH excluding ortho intramolecular Hbond substituents is 2. The molecule has 0 bridgehead atoms. The molecule has 0 fully saturated rings. The zero-order valence-electron chi connectivity index (χ0n) is 14.2. The Hall–Kier alpha value is -3.28. The lowest BCUT2D eigenvalue weighted by Gasteiger charge is -2.10. The Kier molecular flexibility index (Phi) is 4.93. The van der Waals surface area contributed by atoms with E-state index in [4.69, 9.17) is 9.15 Å². The predicted octanol–water partition coefficient (Wildman–Crippen LogP) is 3.37. The van der Waals surface area contributed by atoms with Gasteiger partial charge < -0.3 is 19.4 Å². The van der Waals surface area contributed by atoms with Gasteiger partial charge >= 0.3 is 5.97 Å². The molecule has 3 aromatic rings. The summed E-state index contributed by atoms with van der Waals surface area (Å²) in [5.74, 6) is 0.000882. The van der Waals surface area contributed by atoms with E-state index < -0.39 is 0 Å². The number of aromatic hydroxyl groups is 2. The van der Waals surface area contributed by atoms with E-state index in [1.54, 1.807) is 19.1 Å². The number of carbonyl (C=O) groups is 1. The Balaban J connectivity index is 2.15. The van der Waals surface area contributed by atoms with Crippen LogP contribution in [-0.2, 0) is 16.0 Å². The molecule has 0 aliphatic carbocycles. The number of rotatable bonds is 5. The van der Waals surface area contributed by atoms with Crippen molar-refractivity contribution in [2.24, 2.45) is 0 Å². The maximum Gasteiger partial charge on any atom is 0.306 e. The highest BCUT2D eigenvalue weighted by molar-refractivity contribution is 5.84. The van der Waals surface area contributed by atoms with Crippen molar-refractivity contribution in [2.75, 3.05) is 6.61 Å². The van der Waals surface area contributed by atoms with Gasteiger partial charge in [0.1, 0.15) is 22.8 Å². The van der Waals surface area contributed by atoms with Crippen molar-refractivity contribution < 1.29 is 24.2 Å². The molecule has 0 atom stereocenters. The van der Waals surface area contributed by atoms with Crippen molar-refractivity contribution in [1.82, 2.24) is 0 Å². The Morgan fingerprint density at radius 1 is 1.08 bits per heavy atom. The minimum atomic E-state index is -0.386. The van der Waals surface area contributed by atoms with Crippen LogP contribution in [-0.4, -0.2) is 22.8 Å². The highest BCUT2D eigenvalue weighted by atomic mass is 16.5. The summed E-state index contributed by atoms with van der Waals surface area (Å²) in [4.78, 5) is 24.7. The van der Waals surface area contributed by atoms with Crippen LogP contribution in [0, 0.1) is 0 Å². The highest BCUT2D eigenvalue weighted by Crippen LogP contribution is 2.28. The molecule has 0 saturated heterocycles. The van der Waals surface area contributed by atoms with Crippen LogP contribution in [0.5, 0.6) is 11.5 Å². The number of carbonyl (C=O) groups excluding carboxylic acids is 1. The van der Waals surface area contributed by atoms with Crippen LogP contribution in [0.25, 0.3) is 22.1 Å². The van der Waals surface area contributed by atoms with E-state index in [-0.39, 0.29) is 47.9 Å². The second-order valence-electron chi connectivity index (χ2n) is 5.76. The molecule has 0 amide bonds. The van der Waals surface area contributed by atoms with Gasteiger partial charge in [-0.25, -0.2) is 0 Å². The molecule has 2 N–H and O–H groups in total. The van der Waals surface area contributed by atoms with E-state index in [1.807, 2.05) is 0 Å². The van der Waals surface area contributed by atoms with E-state index in [1.165, 1.54) is 30.3 Å². The third kappa shape index (κ3) is 3.54. The van der Waals surface area contributed by atoms with Gasteiger partial charge in [0, 0.05) is 12.5 Å². The lowest BCUT2D eigenvalue weighted by molar-refractivity contribution is -0.143. The Labute approximate surface area is 149 Å². The minimum Gasteiger partial charge on any atom is -0.508 e. The Morgan fingerprint density at radius 2 is 1.77 bits per heavy atom. The summed E-state index contributed by atoms with van der Waals surface area (Å²) in [6.07, 6.45) is 0.238. The molecule has 6 heteroatoms. The first kappa shape index (κ1) is 17.5. The molecule has 2 aromatic carbocycles. The van der Waals surface area contributed by atoms with Gasteiger partial charge in [0.2, 0.25) is 5.43 Å². The van der Waals surface area contributed by atoms with Crippen LogP contribution in [0.4, 0.5) is 0 Å². The summed E-state index contributed by atoms with van der Waals surface area (Å²) in [6.45, 7) is 2.00. The Bertz CT molecular complexity index is 1000. The van der Waals surface area contributed by atoms with Gasteiger partial charge in [0.15, 0.2) is 0 Å². The quantitative estimate of drug-likeness (QED) is 0.682. The van der Waals surface area contributed by atoms with E-state index in [9.17, 15) is 19.8 Å². The van der Waals surface area contributed by atoms with Gasteiger partial charge in [-0.3, -0.25) is 9.59 Å². The van der Waals surface area contributed by atoms with Crippen LogP contribution in [0.15, 0.2) is 51.7 Å². The fourth-order valence-corrected chi connectivity index (χ4v) is 2.77. The topological polar surface area (TPSA) is 97.0 Å². The van der Waals surface area contributed by atoms with Gasteiger partial charge in [-0.15, -0.1) is 0 Å². The number of aryl methyl sites for hydroxylation is 1. The number of esters is 1. The molecule has 6 nitrogen and oxygen atoms in total. The highest BCUT2D eigenvalue weighted by Gasteiger charge is 2.18. The standard InChI is InChI=1S/C20H18O6/c1-2-25-18(23)10-9-16-19(12-3-5-13(21)6-4-12)20(24)15-8-7-14(22)11-17(15)26-16/h3-8,11,21-22H,2,9-10H2,1H3. The normalized spacial score (nSPS) is 10.8. The summed E-state index contributed by atoms with van der Waals surface area (Å²) >= 11 is 0. The molecular formula is C20H18O6. The zero-order chi connectivity index (χ0) is 18.7. The molecule has 1 aromatic heterocycles. The molecule has 0 saturated carbocycles. The second kappa shape index (κ2) is 7.31. The lowest BCUT2D eigenvalue weighted by atomic mass is 10.00. The minimum absolute atomic E-state index is 0.0191. The molecule has 3 rings (SSSR count). The van der Waals surface area contributed by atoms with Gasteiger partial charge in [0.05, 0.1) is 24.0 Å². The van der Waals surface area contributed by atoms with Gasteiger partial charge in [-0.05, 0) is 36.8 Å². The molecule has 134 valence electrons. The average Bonchev–Trinajstić information content (AvgIpc) is 2.61. The SMILES string of the molecule is CCOC(=O)CCc1oc2cc(O)ccc2c(=O)c1-c1ccc(O)cc1. The number of benzene rings is 2. The van der Waals surface area contributed by atoms with Crippen molar-refractivity contribution in [1.29, 1.82) is 0 Å². The number of phenols is 2. The number of ether oxygens (including phenoxy) is 1. The maximum absolute atomic E-state index is 13.0. The van der Waals surface area contributed by atoms with Crippen LogP contribution in [0.1, 0.15) is 19.1 Å². The van der Waals surface area contributed by atoms with Crippen molar-refractivity contribution in [3.05, 3.63) is 58.4 Å². The van der Waals surface area contributed by atoms with Crippen molar-refractivity contribution in [3.8, 4) is 22.6 Å². The van der Waals surface area contributed by atoms with Gasteiger partial charge in [-0.2, -0.15) is 0 Å². The monoisotopic (exact) mass is 354 g/mol. The first-order chi connectivity index (χ1) is 12.5. The van der Waals surface area contributed by atoms with E-state index in [0.29, 0.717) is 22.3 Å². The van der Waals surface area contributed by atoms with Crippen LogP contribution >= 0.6 is 0 Å². The summed E-state index contributed by atoms with van der Waals surface area (Å²) in [7, 11) is 0. The van der Waals surface area contributed by atoms with E-state index >= 15 is 0 Å². The van der Waals surface area contributed by atoms with Crippen LogP contribution in [0.2, 0.25) is 0 Å². The Morgan fingerprint density at radius 3 is 2.46 bits per heavy atom. The maximum atomic E-state index is 13.0. The summed E-state index contributed by atoms with van der Waals surface area (Å²) < 4.78 is 10.8. The number of hydrogen-bond acceptors (Lipinski definition) is 6. The first-order valence-electron chi connectivity index (χ1n) is 8.23. The molecule has 0 aliphatic rings. The molecule has 0 unspecified atom stereocenters. The molecule has 0 spiro atoms. The van der Waals surface area contributed by atoms with Gasteiger partial charge in [-0.1, -0.05) is 12.1 Å². The van der Waals surface area contributed by atoms with Gasteiger partial charge in [0.25, 0.3) is 0 Å². The second-order valence-corrected chi connectivity index (χ2v) is 5.76. The molecule has 1 heterocycles. The first-order valence-corrected chi connectivity index (χ1v) is 8.23. The largest absolute Gasteiger partial charge is 0.508 e. The van der Waals surface area contributed by atoms with Crippen molar-refractivity contribution >= 4 is 16.9 Å². The zero-order valence-corrected chi connectivity index (χ0v) is 14.2. The smallest absolute Gasteiger partial charge is 0.306 e. The van der Waals surface area contributed by atoms with Crippen LogP contribution in [0.3, 0.4) is 0 Å². The van der Waals surface area contributed by atoms with Crippen LogP contribution < -0.4 is 5.43 Å². The predicted molar refractivity (Wildman–Crippen MR) is 96.2 cm³/mol. The van der Waals surface area contributed by atoms with Crippen molar-refractivity contribution in [3.63, 3.8) is 0 Å². The van der Waals surface area contributed by atoms with E-state index in [2.05, 4.69) is 0 Å². The number of fused-ring (bicyclic) bond motifs is 1. The summed E-state index contributed by atoms with van der Waals surface area (Å²) in [5.41, 5.74) is 0.880. The van der Waals surface area contributed by atoms with E-state index in [0.717, 1.165) is 0 Å². The average molecular weight is 354 g/mol. The molecule has 0 radical (unpaired) electrons.